The third-order valence-electron chi connectivity index (χ3n) is 5.33. The van der Waals surface area contributed by atoms with Crippen LogP contribution in [-0.2, 0) is 26.0 Å². The smallest absolute Gasteiger partial charge is 0.241 e. The van der Waals surface area contributed by atoms with E-state index in [9.17, 15) is 13.2 Å². The summed E-state index contributed by atoms with van der Waals surface area (Å²) in [5.74, 6) is -0.0408. The van der Waals surface area contributed by atoms with Gasteiger partial charge in [0, 0.05) is 31.7 Å². The fraction of sp³-hybridized carbons (Fsp3) is 0.381. The molecule has 1 unspecified atom stereocenters. The Morgan fingerprint density at radius 1 is 1.07 bits per heavy atom. The third-order valence-corrected chi connectivity index (χ3v) is 6.80. The van der Waals surface area contributed by atoms with Gasteiger partial charge in [-0.05, 0) is 35.7 Å². The normalized spacial score (nSPS) is 18.7. The molecule has 1 saturated heterocycles. The summed E-state index contributed by atoms with van der Waals surface area (Å²) >= 11 is 0. The molecule has 1 atom stereocenters. The second kappa shape index (κ2) is 8.62. The maximum absolute atomic E-state index is 13.2. The quantitative estimate of drug-likeness (QED) is 0.753. The van der Waals surface area contributed by atoms with Crippen molar-refractivity contribution in [2.75, 3.05) is 38.2 Å². The molecule has 8 heteroatoms. The van der Waals surface area contributed by atoms with E-state index in [0.29, 0.717) is 38.3 Å². The molecule has 154 valence electrons. The fourth-order valence-corrected chi connectivity index (χ4v) is 4.99. The summed E-state index contributed by atoms with van der Waals surface area (Å²) < 4.78 is 34.6. The van der Waals surface area contributed by atoms with Crippen LogP contribution in [0.1, 0.15) is 23.6 Å². The second-order valence-corrected chi connectivity index (χ2v) is 9.08. The number of anilines is 1. The molecule has 29 heavy (non-hydrogen) atoms. The van der Waals surface area contributed by atoms with Crippen LogP contribution in [0.2, 0.25) is 0 Å². The van der Waals surface area contributed by atoms with Crippen molar-refractivity contribution in [2.24, 2.45) is 0 Å². The van der Waals surface area contributed by atoms with Crippen molar-refractivity contribution in [1.29, 1.82) is 0 Å². The summed E-state index contributed by atoms with van der Waals surface area (Å²) in [6, 6.07) is 14.1. The number of rotatable bonds is 6. The van der Waals surface area contributed by atoms with Crippen LogP contribution in [0.5, 0.6) is 0 Å². The van der Waals surface area contributed by atoms with Crippen molar-refractivity contribution >= 4 is 21.6 Å². The van der Waals surface area contributed by atoms with Gasteiger partial charge in [0.2, 0.25) is 15.9 Å². The van der Waals surface area contributed by atoms with E-state index >= 15 is 0 Å². The molecule has 0 bridgehead atoms. The number of nitrogens with zero attached hydrogens (tertiary/aromatic N) is 1. The largest absolute Gasteiger partial charge is 0.379 e. The molecule has 2 aliphatic rings. The molecule has 2 N–H and O–H groups in total. The van der Waals surface area contributed by atoms with E-state index in [4.69, 9.17) is 4.74 Å². The predicted molar refractivity (Wildman–Crippen MR) is 110 cm³/mol. The molecular formula is C21H25N3O4S. The lowest BCUT2D eigenvalue weighted by Gasteiger charge is -2.31. The molecule has 1 amide bonds. The molecular weight excluding hydrogens is 390 g/mol. The van der Waals surface area contributed by atoms with Crippen molar-refractivity contribution in [2.45, 2.75) is 23.8 Å². The lowest BCUT2D eigenvalue weighted by atomic mass is 10.0. The van der Waals surface area contributed by atoms with Gasteiger partial charge in [-0.25, -0.2) is 13.1 Å². The van der Waals surface area contributed by atoms with Crippen molar-refractivity contribution in [3.8, 4) is 0 Å². The number of carbonyl (C=O) groups excluding carboxylic acids is 1. The van der Waals surface area contributed by atoms with Gasteiger partial charge in [0.1, 0.15) is 0 Å². The SMILES string of the molecule is O=C1CCc2cc(S(=O)(=O)NC(CN3CCOCC3)c3ccccc3)ccc2N1. The Bertz CT molecular complexity index is 973. The molecule has 4 rings (SSSR count). The fourth-order valence-electron chi connectivity index (χ4n) is 3.72. The van der Waals surface area contributed by atoms with Crippen LogP contribution < -0.4 is 10.0 Å². The number of hydrogen-bond acceptors (Lipinski definition) is 5. The number of sulfonamides is 1. The average molecular weight is 416 g/mol. The Balaban J connectivity index is 1.58. The first kappa shape index (κ1) is 20.0. The highest BCUT2D eigenvalue weighted by Crippen LogP contribution is 2.26. The van der Waals surface area contributed by atoms with E-state index in [0.717, 1.165) is 24.2 Å². The first-order valence-electron chi connectivity index (χ1n) is 9.81. The number of nitrogens with one attached hydrogen (secondary N) is 2. The molecule has 0 radical (unpaired) electrons. The topological polar surface area (TPSA) is 87.7 Å². The molecule has 0 aliphatic carbocycles. The van der Waals surface area contributed by atoms with Crippen LogP contribution in [0.3, 0.4) is 0 Å². The molecule has 0 aromatic heterocycles. The van der Waals surface area contributed by atoms with E-state index < -0.39 is 10.0 Å². The number of hydrogen-bond donors (Lipinski definition) is 2. The highest BCUT2D eigenvalue weighted by Gasteiger charge is 2.26. The number of amides is 1. The van der Waals surface area contributed by atoms with Gasteiger partial charge in [-0.2, -0.15) is 0 Å². The number of aryl methyl sites for hydroxylation is 1. The molecule has 7 nitrogen and oxygen atoms in total. The van der Waals surface area contributed by atoms with Crippen LogP contribution in [-0.4, -0.2) is 52.1 Å². The zero-order valence-corrected chi connectivity index (χ0v) is 17.0. The zero-order valence-electron chi connectivity index (χ0n) is 16.1. The number of benzene rings is 2. The van der Waals surface area contributed by atoms with E-state index in [-0.39, 0.29) is 16.8 Å². The Labute approximate surface area is 171 Å². The number of carbonyl (C=O) groups is 1. The van der Waals surface area contributed by atoms with Gasteiger partial charge in [-0.15, -0.1) is 0 Å². The van der Waals surface area contributed by atoms with E-state index in [1.807, 2.05) is 30.3 Å². The van der Waals surface area contributed by atoms with E-state index in [1.165, 1.54) is 0 Å². The molecule has 2 aliphatic heterocycles. The highest BCUT2D eigenvalue weighted by atomic mass is 32.2. The first-order valence-corrected chi connectivity index (χ1v) is 11.3. The van der Waals surface area contributed by atoms with Crippen molar-refractivity contribution in [1.82, 2.24) is 9.62 Å². The maximum atomic E-state index is 13.2. The number of ether oxygens (including phenoxy) is 1. The lowest BCUT2D eigenvalue weighted by molar-refractivity contribution is -0.116. The summed E-state index contributed by atoms with van der Waals surface area (Å²) in [7, 11) is -3.73. The van der Waals surface area contributed by atoms with Crippen LogP contribution in [0.15, 0.2) is 53.4 Å². The van der Waals surface area contributed by atoms with Crippen LogP contribution >= 0.6 is 0 Å². The van der Waals surface area contributed by atoms with Gasteiger partial charge >= 0.3 is 0 Å². The van der Waals surface area contributed by atoms with Gasteiger partial charge in [0.15, 0.2) is 0 Å². The highest BCUT2D eigenvalue weighted by molar-refractivity contribution is 7.89. The minimum Gasteiger partial charge on any atom is -0.379 e. The molecule has 0 spiro atoms. The summed E-state index contributed by atoms with van der Waals surface area (Å²) in [6.07, 6.45) is 0.911. The van der Waals surface area contributed by atoms with Crippen molar-refractivity contribution in [3.63, 3.8) is 0 Å². The Morgan fingerprint density at radius 3 is 2.59 bits per heavy atom. The summed E-state index contributed by atoms with van der Waals surface area (Å²) in [5, 5.41) is 2.79. The second-order valence-electron chi connectivity index (χ2n) is 7.36. The number of morpholine rings is 1. The van der Waals surface area contributed by atoms with Crippen LogP contribution in [0, 0.1) is 0 Å². The molecule has 0 saturated carbocycles. The van der Waals surface area contributed by atoms with Crippen molar-refractivity contribution < 1.29 is 17.9 Å². The Hall–Kier alpha value is -2.26. The van der Waals surface area contributed by atoms with E-state index in [2.05, 4.69) is 14.9 Å². The van der Waals surface area contributed by atoms with Gasteiger partial charge in [-0.1, -0.05) is 30.3 Å². The minimum absolute atomic E-state index is 0.0408. The molecule has 2 heterocycles. The van der Waals surface area contributed by atoms with Crippen LogP contribution in [0.25, 0.3) is 0 Å². The zero-order chi connectivity index (χ0) is 20.3. The Kier molecular flexibility index (Phi) is 5.96. The van der Waals surface area contributed by atoms with Gasteiger partial charge in [0.25, 0.3) is 0 Å². The summed E-state index contributed by atoms with van der Waals surface area (Å²) in [5.41, 5.74) is 2.46. The van der Waals surface area contributed by atoms with Crippen LogP contribution in [0.4, 0.5) is 5.69 Å². The molecule has 2 aromatic rings. The predicted octanol–water partition coefficient (Wildman–Crippen LogP) is 1.92. The molecule has 1 fully saturated rings. The summed E-state index contributed by atoms with van der Waals surface area (Å²) in [6.45, 7) is 3.45. The maximum Gasteiger partial charge on any atom is 0.241 e. The molecule has 2 aromatic carbocycles. The number of fused-ring (bicyclic) bond motifs is 1. The average Bonchev–Trinajstić information content (AvgIpc) is 2.74. The monoisotopic (exact) mass is 415 g/mol. The van der Waals surface area contributed by atoms with E-state index in [1.54, 1.807) is 18.2 Å². The van der Waals surface area contributed by atoms with Gasteiger partial charge < -0.3 is 10.1 Å². The standard InChI is InChI=1S/C21H25N3O4S/c25-21-9-6-17-14-18(7-8-19(17)22-21)29(26,27)23-20(16-4-2-1-3-5-16)15-24-10-12-28-13-11-24/h1-5,7-8,14,20,23H,6,9-13,15H2,(H,22,25). The first-order chi connectivity index (χ1) is 14.0. The summed E-state index contributed by atoms with van der Waals surface area (Å²) in [4.78, 5) is 14.0. The minimum atomic E-state index is -3.73. The van der Waals surface area contributed by atoms with Crippen molar-refractivity contribution in [3.05, 3.63) is 59.7 Å². The van der Waals surface area contributed by atoms with Gasteiger partial charge in [0.05, 0.1) is 24.2 Å². The Morgan fingerprint density at radius 2 is 1.83 bits per heavy atom. The van der Waals surface area contributed by atoms with Gasteiger partial charge in [-0.3, -0.25) is 9.69 Å². The lowest BCUT2D eigenvalue weighted by Crippen LogP contribution is -2.43. The third kappa shape index (κ3) is 4.84.